The molecule has 0 spiro atoms. The van der Waals surface area contributed by atoms with E-state index >= 15 is 0 Å². The van der Waals surface area contributed by atoms with E-state index in [1.807, 2.05) is 0 Å². The fraction of sp³-hybridized carbons (Fsp3) is 0.273. The Hall–Kier alpha value is -2.02. The average molecular weight is 205 g/mol. The Kier molecular flexibility index (Phi) is 4.17. The highest BCUT2D eigenvalue weighted by Crippen LogP contribution is 2.14. The van der Waals surface area contributed by atoms with Crippen molar-refractivity contribution >= 4 is 5.97 Å². The molecule has 15 heavy (non-hydrogen) atoms. The molecule has 0 saturated heterocycles. The van der Waals surface area contributed by atoms with E-state index in [-0.39, 0.29) is 11.4 Å². The Bertz CT molecular complexity index is 404. The SMILES string of the molecule is CC#CCCOc1cccnc1C(=O)O. The second kappa shape index (κ2) is 5.66. The van der Waals surface area contributed by atoms with E-state index in [1.165, 1.54) is 6.20 Å². The summed E-state index contributed by atoms with van der Waals surface area (Å²) in [5.41, 5.74) is -0.0676. The molecule has 0 aliphatic heterocycles. The zero-order valence-corrected chi connectivity index (χ0v) is 8.36. The molecule has 1 heterocycles. The van der Waals surface area contributed by atoms with Gasteiger partial charge >= 0.3 is 5.97 Å². The summed E-state index contributed by atoms with van der Waals surface area (Å²) >= 11 is 0. The number of nitrogens with zero attached hydrogens (tertiary/aromatic N) is 1. The minimum atomic E-state index is -1.09. The van der Waals surface area contributed by atoms with Crippen molar-refractivity contribution in [3.63, 3.8) is 0 Å². The molecular weight excluding hydrogens is 194 g/mol. The van der Waals surface area contributed by atoms with E-state index in [4.69, 9.17) is 9.84 Å². The summed E-state index contributed by atoms with van der Waals surface area (Å²) in [6, 6.07) is 3.21. The van der Waals surface area contributed by atoms with Crippen LogP contribution in [-0.2, 0) is 0 Å². The van der Waals surface area contributed by atoms with Gasteiger partial charge < -0.3 is 9.84 Å². The molecule has 0 aliphatic carbocycles. The maximum Gasteiger partial charge on any atom is 0.358 e. The largest absolute Gasteiger partial charge is 0.490 e. The summed E-state index contributed by atoms with van der Waals surface area (Å²) in [6.45, 7) is 2.11. The third kappa shape index (κ3) is 3.31. The van der Waals surface area contributed by atoms with E-state index in [0.717, 1.165) is 0 Å². The Morgan fingerprint density at radius 1 is 1.67 bits per heavy atom. The van der Waals surface area contributed by atoms with Crippen LogP contribution in [0.3, 0.4) is 0 Å². The lowest BCUT2D eigenvalue weighted by Gasteiger charge is -2.05. The zero-order chi connectivity index (χ0) is 11.1. The number of carboxylic acids is 1. The second-order valence-corrected chi connectivity index (χ2v) is 2.68. The van der Waals surface area contributed by atoms with Crippen molar-refractivity contribution in [1.29, 1.82) is 0 Å². The second-order valence-electron chi connectivity index (χ2n) is 2.68. The van der Waals surface area contributed by atoms with Crippen molar-refractivity contribution < 1.29 is 14.6 Å². The van der Waals surface area contributed by atoms with Gasteiger partial charge in [0.2, 0.25) is 0 Å². The molecule has 0 aliphatic rings. The number of aromatic carboxylic acids is 1. The summed E-state index contributed by atoms with van der Waals surface area (Å²) in [4.78, 5) is 14.5. The quantitative estimate of drug-likeness (QED) is 0.598. The maximum absolute atomic E-state index is 10.7. The Labute approximate surface area is 87.9 Å². The number of aromatic nitrogens is 1. The lowest BCUT2D eigenvalue weighted by Crippen LogP contribution is -2.06. The maximum atomic E-state index is 10.7. The van der Waals surface area contributed by atoms with Crippen molar-refractivity contribution in [3.8, 4) is 17.6 Å². The van der Waals surface area contributed by atoms with Gasteiger partial charge in [0.15, 0.2) is 11.4 Å². The summed E-state index contributed by atoms with van der Waals surface area (Å²) in [5.74, 6) is 4.74. The number of rotatable bonds is 4. The number of hydrogen-bond donors (Lipinski definition) is 1. The highest BCUT2D eigenvalue weighted by Gasteiger charge is 2.11. The van der Waals surface area contributed by atoms with Crippen LogP contribution in [0.15, 0.2) is 18.3 Å². The van der Waals surface area contributed by atoms with Gasteiger partial charge in [-0.1, -0.05) is 0 Å². The number of hydrogen-bond acceptors (Lipinski definition) is 3. The van der Waals surface area contributed by atoms with Crippen LogP contribution in [0, 0.1) is 11.8 Å². The minimum Gasteiger partial charge on any atom is -0.490 e. The first kappa shape index (κ1) is 11.1. The van der Waals surface area contributed by atoms with Crippen LogP contribution in [0.1, 0.15) is 23.8 Å². The molecule has 1 aromatic rings. The number of carboxylic acid groups (broad SMARTS) is 1. The summed E-state index contributed by atoms with van der Waals surface area (Å²) in [7, 11) is 0. The van der Waals surface area contributed by atoms with E-state index in [0.29, 0.717) is 13.0 Å². The van der Waals surface area contributed by atoms with Gasteiger partial charge in [-0.15, -0.1) is 11.8 Å². The first-order valence-corrected chi connectivity index (χ1v) is 4.46. The highest BCUT2D eigenvalue weighted by atomic mass is 16.5. The van der Waals surface area contributed by atoms with Gasteiger partial charge in [0.05, 0.1) is 6.61 Å². The Balaban J connectivity index is 2.66. The molecule has 0 atom stereocenters. The van der Waals surface area contributed by atoms with Gasteiger partial charge in [-0.05, 0) is 19.1 Å². The molecule has 0 saturated carbocycles. The lowest BCUT2D eigenvalue weighted by molar-refractivity contribution is 0.0685. The van der Waals surface area contributed by atoms with Crippen LogP contribution in [0.4, 0.5) is 0 Å². The predicted molar refractivity (Wildman–Crippen MR) is 54.8 cm³/mol. The molecule has 0 unspecified atom stereocenters. The molecule has 0 amide bonds. The fourth-order valence-corrected chi connectivity index (χ4v) is 1.00. The van der Waals surface area contributed by atoms with Crippen molar-refractivity contribution in [1.82, 2.24) is 4.98 Å². The van der Waals surface area contributed by atoms with Crippen LogP contribution in [0.25, 0.3) is 0 Å². The van der Waals surface area contributed by atoms with E-state index < -0.39 is 5.97 Å². The van der Waals surface area contributed by atoms with Gasteiger partial charge in [0.25, 0.3) is 0 Å². The Morgan fingerprint density at radius 2 is 2.47 bits per heavy atom. The van der Waals surface area contributed by atoms with E-state index in [9.17, 15) is 4.79 Å². The average Bonchev–Trinajstić information content (AvgIpc) is 2.25. The third-order valence-electron chi connectivity index (χ3n) is 1.63. The van der Waals surface area contributed by atoms with Crippen molar-refractivity contribution in [2.45, 2.75) is 13.3 Å². The Morgan fingerprint density at radius 3 is 3.13 bits per heavy atom. The minimum absolute atomic E-state index is 0.0676. The molecule has 1 N–H and O–H groups in total. The fourth-order valence-electron chi connectivity index (χ4n) is 1.00. The van der Waals surface area contributed by atoms with Crippen LogP contribution >= 0.6 is 0 Å². The first-order chi connectivity index (χ1) is 7.25. The van der Waals surface area contributed by atoms with Crippen molar-refractivity contribution in [2.24, 2.45) is 0 Å². The zero-order valence-electron chi connectivity index (χ0n) is 8.36. The molecule has 0 fully saturated rings. The van der Waals surface area contributed by atoms with Gasteiger partial charge in [-0.3, -0.25) is 0 Å². The summed E-state index contributed by atoms with van der Waals surface area (Å²) < 4.78 is 5.25. The molecular formula is C11H11NO3. The number of ether oxygens (including phenoxy) is 1. The molecule has 4 heteroatoms. The van der Waals surface area contributed by atoms with Crippen molar-refractivity contribution in [3.05, 3.63) is 24.0 Å². The normalized spacial score (nSPS) is 8.87. The summed E-state index contributed by atoms with van der Waals surface area (Å²) in [6.07, 6.45) is 1.99. The van der Waals surface area contributed by atoms with Gasteiger partial charge in [0.1, 0.15) is 0 Å². The smallest absolute Gasteiger partial charge is 0.358 e. The van der Waals surface area contributed by atoms with Crippen molar-refractivity contribution in [2.75, 3.05) is 6.61 Å². The van der Waals surface area contributed by atoms with Crippen LogP contribution in [-0.4, -0.2) is 22.7 Å². The van der Waals surface area contributed by atoms with Gasteiger partial charge in [-0.2, -0.15) is 0 Å². The van der Waals surface area contributed by atoms with Crippen LogP contribution in [0.2, 0.25) is 0 Å². The topological polar surface area (TPSA) is 59.4 Å². The molecule has 4 nitrogen and oxygen atoms in total. The van der Waals surface area contributed by atoms with Crippen LogP contribution in [0.5, 0.6) is 5.75 Å². The van der Waals surface area contributed by atoms with E-state index in [2.05, 4.69) is 16.8 Å². The van der Waals surface area contributed by atoms with Gasteiger partial charge in [0, 0.05) is 12.6 Å². The first-order valence-electron chi connectivity index (χ1n) is 4.46. The summed E-state index contributed by atoms with van der Waals surface area (Å²) in [5, 5.41) is 8.80. The highest BCUT2D eigenvalue weighted by molar-refractivity contribution is 5.88. The molecule has 1 rings (SSSR count). The molecule has 78 valence electrons. The monoisotopic (exact) mass is 205 g/mol. The number of carbonyl (C=O) groups is 1. The third-order valence-corrected chi connectivity index (χ3v) is 1.63. The molecule has 0 bridgehead atoms. The lowest BCUT2D eigenvalue weighted by atomic mass is 10.3. The van der Waals surface area contributed by atoms with Gasteiger partial charge in [-0.25, -0.2) is 9.78 Å². The number of pyridine rings is 1. The van der Waals surface area contributed by atoms with E-state index in [1.54, 1.807) is 19.1 Å². The molecule has 0 radical (unpaired) electrons. The molecule has 0 aromatic carbocycles. The molecule has 1 aromatic heterocycles. The van der Waals surface area contributed by atoms with Crippen LogP contribution < -0.4 is 4.74 Å². The predicted octanol–water partition coefficient (Wildman–Crippen LogP) is 1.57. The standard InChI is InChI=1S/C11H11NO3/c1-2-3-4-8-15-9-6-5-7-12-10(9)11(13)14/h5-7H,4,8H2,1H3,(H,13,14).